The van der Waals surface area contributed by atoms with Crippen LogP contribution in [0.2, 0.25) is 0 Å². The predicted molar refractivity (Wildman–Crippen MR) is 116 cm³/mol. The lowest BCUT2D eigenvalue weighted by Crippen LogP contribution is -2.53. The number of hydrogen-bond donors (Lipinski definition) is 0. The van der Waals surface area contributed by atoms with Crippen LogP contribution in [0.5, 0.6) is 0 Å². The number of hydrogen-bond acceptors (Lipinski definition) is 8. The molecule has 1 aromatic carbocycles. The van der Waals surface area contributed by atoms with Crippen molar-refractivity contribution in [1.29, 1.82) is 0 Å². The van der Waals surface area contributed by atoms with Crippen molar-refractivity contribution in [3.8, 4) is 0 Å². The second-order valence-electron chi connectivity index (χ2n) is 7.42. The Balaban J connectivity index is 4.11. The van der Waals surface area contributed by atoms with Crippen LogP contribution in [0.4, 0.5) is 13.2 Å². The summed E-state index contributed by atoms with van der Waals surface area (Å²) in [6.45, 7) is 1.50. The van der Waals surface area contributed by atoms with Crippen molar-refractivity contribution in [2.75, 3.05) is 25.0 Å². The number of rotatable bonds is 10. The van der Waals surface area contributed by atoms with Gasteiger partial charge in [-0.3, -0.25) is 0 Å². The molecule has 0 radical (unpaired) electrons. The molecule has 0 spiro atoms. The minimum Gasteiger partial charge on any atom is -0.212 e. The fraction of sp³-hybridized carbons (Fsp3) is 0.625. The van der Waals surface area contributed by atoms with Crippen molar-refractivity contribution < 1.29 is 46.8 Å². The summed E-state index contributed by atoms with van der Waals surface area (Å²) in [6.07, 6.45) is -2.97. The third-order valence-corrected chi connectivity index (χ3v) is 11.2. The summed E-state index contributed by atoms with van der Waals surface area (Å²) in [4.78, 5) is 0. The van der Waals surface area contributed by atoms with Gasteiger partial charge in [0.1, 0.15) is 0 Å². The van der Waals surface area contributed by atoms with Crippen molar-refractivity contribution in [1.82, 2.24) is 7.42 Å². The molecule has 33 heavy (non-hydrogen) atoms. The topological polar surface area (TPSA) is 143 Å². The molecule has 0 unspecified atom stereocenters. The quantitative estimate of drug-likeness (QED) is 0.419. The van der Waals surface area contributed by atoms with Crippen LogP contribution >= 0.6 is 0 Å². The third kappa shape index (κ3) is 7.61. The van der Waals surface area contributed by atoms with Gasteiger partial charge >= 0.3 is 6.18 Å². The van der Waals surface area contributed by atoms with Crippen LogP contribution < -0.4 is 0 Å². The first-order valence-corrected chi connectivity index (χ1v) is 16.5. The first kappa shape index (κ1) is 29.8. The Hall–Kier alpha value is -1.27. The van der Waals surface area contributed by atoms with E-state index in [1.54, 1.807) is 0 Å². The zero-order valence-corrected chi connectivity index (χ0v) is 21.6. The van der Waals surface area contributed by atoms with Gasteiger partial charge in [-0.1, -0.05) is 32.9 Å². The number of alkyl halides is 3. The molecule has 1 aromatic rings. The Morgan fingerprint density at radius 3 is 1.36 bits per heavy atom. The lowest BCUT2D eigenvalue weighted by Gasteiger charge is -2.38. The van der Waals surface area contributed by atoms with Gasteiger partial charge in [-0.15, -0.1) is 0 Å². The van der Waals surface area contributed by atoms with Gasteiger partial charge in [0.25, 0.3) is 0 Å². The van der Waals surface area contributed by atoms with Crippen LogP contribution in [0.15, 0.2) is 24.3 Å². The molecule has 192 valence electrons. The maximum atomic E-state index is 13.0. The van der Waals surface area contributed by atoms with Crippen LogP contribution in [-0.2, 0) is 46.3 Å². The van der Waals surface area contributed by atoms with E-state index < -0.39 is 63.9 Å². The second-order valence-corrected chi connectivity index (χ2v) is 15.3. The molecular weight excluding hydrogens is 533 g/mol. The molecule has 10 nitrogen and oxygen atoms in total. The largest absolute Gasteiger partial charge is 0.416 e. The van der Waals surface area contributed by atoms with Gasteiger partial charge in [0.05, 0.1) is 42.7 Å². The highest BCUT2D eigenvalue weighted by Gasteiger charge is 2.47. The molecule has 2 atom stereocenters. The zero-order valence-electron chi connectivity index (χ0n) is 18.3. The molecule has 1 rings (SSSR count). The molecule has 0 aliphatic rings. The summed E-state index contributed by atoms with van der Waals surface area (Å²) < 4.78 is 139. The van der Waals surface area contributed by atoms with Crippen LogP contribution in [0, 0.1) is 0 Å². The molecule has 0 heterocycles. The van der Waals surface area contributed by atoms with Crippen molar-refractivity contribution >= 4 is 40.1 Å². The fourth-order valence-electron chi connectivity index (χ4n) is 3.42. The average molecular weight is 559 g/mol. The Labute approximate surface area is 192 Å². The van der Waals surface area contributed by atoms with E-state index in [0.29, 0.717) is 37.2 Å². The Morgan fingerprint density at radius 1 is 0.727 bits per heavy atom. The van der Waals surface area contributed by atoms with Gasteiger partial charge in [-0.05, 0) is 24.1 Å². The van der Waals surface area contributed by atoms with Gasteiger partial charge in [-0.2, -0.15) is 13.2 Å². The predicted octanol–water partition coefficient (Wildman–Crippen LogP) is 1.36. The maximum absolute atomic E-state index is 13.0. The highest BCUT2D eigenvalue weighted by Crippen LogP contribution is 2.38. The van der Waals surface area contributed by atoms with Crippen molar-refractivity contribution in [3.63, 3.8) is 0 Å². The molecule has 0 aliphatic carbocycles. The Kier molecular flexibility index (Phi) is 8.81. The molecule has 0 N–H and O–H groups in total. The third-order valence-electron chi connectivity index (χ3n) is 4.33. The summed E-state index contributed by atoms with van der Waals surface area (Å²) in [7, 11) is -18.6. The normalized spacial score (nSPS) is 16.2. The van der Waals surface area contributed by atoms with Crippen LogP contribution in [-0.4, -0.2) is 72.2 Å². The Morgan fingerprint density at radius 2 is 1.09 bits per heavy atom. The highest BCUT2D eigenvalue weighted by molar-refractivity contribution is 8.04. The van der Waals surface area contributed by atoms with Gasteiger partial charge in [0, 0.05) is 0 Å². The lowest BCUT2D eigenvalue weighted by atomic mass is 9.96. The molecule has 0 saturated carbocycles. The average Bonchev–Trinajstić information content (AvgIpc) is 2.53. The summed E-state index contributed by atoms with van der Waals surface area (Å²) in [5, 5.41) is 0. The summed E-state index contributed by atoms with van der Waals surface area (Å²) >= 11 is 0. The molecule has 0 fully saturated rings. The molecular formula is C16H25F3N2O8S4. The Bertz CT molecular complexity index is 1210. The summed E-state index contributed by atoms with van der Waals surface area (Å²) in [6, 6.07) is -1.16. The molecule has 0 aromatic heterocycles. The maximum Gasteiger partial charge on any atom is 0.416 e. The highest BCUT2D eigenvalue weighted by atomic mass is 32.3. The van der Waals surface area contributed by atoms with Crippen LogP contribution in [0.3, 0.4) is 0 Å². The standard InChI is InChI=1S/C16H25F3N2O8S4/c1-6-7-14(20(30(2,22)23)31(3,24)25)15(21(32(4,26)27)33(5,28)29)12-8-10-13(11-9-12)16(17,18)19/h8-11,14-15H,6-7H2,1-5H3/t14-,15+/m1/s1. The van der Waals surface area contributed by atoms with E-state index in [-0.39, 0.29) is 25.8 Å². The summed E-state index contributed by atoms with van der Waals surface area (Å²) in [5.41, 5.74) is -1.49. The first-order valence-electron chi connectivity index (χ1n) is 9.09. The number of halogens is 3. The molecule has 0 aliphatic heterocycles. The zero-order chi connectivity index (χ0) is 26.2. The van der Waals surface area contributed by atoms with Crippen LogP contribution in [0.1, 0.15) is 36.9 Å². The number of sulfonamides is 4. The second kappa shape index (κ2) is 9.77. The first-order chi connectivity index (χ1) is 14.5. The van der Waals surface area contributed by atoms with E-state index in [0.717, 1.165) is 12.1 Å². The van der Waals surface area contributed by atoms with Crippen molar-refractivity contribution in [2.24, 2.45) is 0 Å². The van der Waals surface area contributed by atoms with Crippen molar-refractivity contribution in [2.45, 2.75) is 38.0 Å². The fourth-order valence-corrected chi connectivity index (χ4v) is 10.1. The molecule has 17 heteroatoms. The van der Waals surface area contributed by atoms with E-state index in [4.69, 9.17) is 0 Å². The summed E-state index contributed by atoms with van der Waals surface area (Å²) in [5.74, 6) is 0. The van der Waals surface area contributed by atoms with E-state index in [2.05, 4.69) is 0 Å². The minimum absolute atomic E-state index is 0.00477. The van der Waals surface area contributed by atoms with Gasteiger partial charge in [0.2, 0.25) is 40.1 Å². The van der Waals surface area contributed by atoms with Gasteiger partial charge < -0.3 is 0 Å². The number of benzene rings is 1. The van der Waals surface area contributed by atoms with E-state index >= 15 is 0 Å². The number of nitrogens with zero attached hydrogens (tertiary/aromatic N) is 2. The van der Waals surface area contributed by atoms with Crippen molar-refractivity contribution in [3.05, 3.63) is 35.4 Å². The lowest BCUT2D eigenvalue weighted by molar-refractivity contribution is -0.137. The smallest absolute Gasteiger partial charge is 0.212 e. The van der Waals surface area contributed by atoms with Gasteiger partial charge in [-0.25, -0.2) is 33.7 Å². The van der Waals surface area contributed by atoms with E-state index in [1.807, 2.05) is 0 Å². The SMILES string of the molecule is CCC[C@H]([C@H](c1ccc(C(F)(F)F)cc1)N(S(C)(=O)=O)S(C)(=O)=O)N(S(C)(=O)=O)S(C)(=O)=O. The monoisotopic (exact) mass is 558 g/mol. The van der Waals surface area contributed by atoms with Crippen LogP contribution in [0.25, 0.3) is 0 Å². The van der Waals surface area contributed by atoms with E-state index in [9.17, 15) is 46.8 Å². The van der Waals surface area contributed by atoms with E-state index in [1.165, 1.54) is 6.92 Å². The molecule has 0 amide bonds. The minimum atomic E-state index is -4.77. The molecule has 0 bridgehead atoms. The molecule has 0 saturated heterocycles. The van der Waals surface area contributed by atoms with Gasteiger partial charge in [0.15, 0.2) is 0 Å².